The van der Waals surface area contributed by atoms with Crippen molar-refractivity contribution in [3.05, 3.63) is 0 Å². The molecule has 0 heterocycles. The van der Waals surface area contributed by atoms with E-state index in [2.05, 4.69) is 19.2 Å². The summed E-state index contributed by atoms with van der Waals surface area (Å²) in [5, 5.41) is 3.25. The maximum atomic E-state index is 11.8. The summed E-state index contributed by atoms with van der Waals surface area (Å²) in [6.07, 6.45) is 0.984. The summed E-state index contributed by atoms with van der Waals surface area (Å²) in [6, 6.07) is 0.0526. The van der Waals surface area contributed by atoms with Gasteiger partial charge >= 0.3 is 0 Å². The maximum absolute atomic E-state index is 11.8. The van der Waals surface area contributed by atoms with Gasteiger partial charge in [-0.1, -0.05) is 27.2 Å². The Balaban J connectivity index is 4.37. The van der Waals surface area contributed by atoms with Gasteiger partial charge < -0.3 is 10.1 Å². The van der Waals surface area contributed by atoms with E-state index in [0.29, 0.717) is 5.92 Å². The van der Waals surface area contributed by atoms with Crippen LogP contribution in [0.4, 0.5) is 0 Å². The fraction of sp³-hybridized carbons (Fsp3) is 1.00. The second-order valence-corrected chi connectivity index (χ2v) is 6.39. The minimum absolute atomic E-state index is 0.0526. The quantitative estimate of drug-likeness (QED) is 0.666. The molecule has 0 aromatic carbocycles. The molecule has 0 rings (SSSR count). The van der Waals surface area contributed by atoms with E-state index in [9.17, 15) is 8.42 Å². The number of hydrogen-bond acceptors (Lipinski definition) is 4. The van der Waals surface area contributed by atoms with Crippen molar-refractivity contribution in [2.75, 3.05) is 31.8 Å². The first-order valence-corrected chi connectivity index (χ1v) is 7.71. The standard InChI is InChI=1S/C11H25NO3S/c1-5-10(3)11(12-6-2)9-16(13,14)8-7-15-4/h10-12H,5-9H2,1-4H3. The summed E-state index contributed by atoms with van der Waals surface area (Å²) >= 11 is 0. The third-order valence-corrected chi connectivity index (χ3v) is 4.48. The second-order valence-electron chi connectivity index (χ2n) is 4.16. The minimum atomic E-state index is -3.01. The molecule has 2 unspecified atom stereocenters. The van der Waals surface area contributed by atoms with Crippen LogP contribution in [0.5, 0.6) is 0 Å². The summed E-state index contributed by atoms with van der Waals surface area (Å²) in [5.74, 6) is 0.693. The van der Waals surface area contributed by atoms with E-state index < -0.39 is 9.84 Å². The molecule has 0 amide bonds. The monoisotopic (exact) mass is 251 g/mol. The van der Waals surface area contributed by atoms with Gasteiger partial charge in [-0.3, -0.25) is 0 Å². The van der Waals surface area contributed by atoms with E-state index in [4.69, 9.17) is 4.74 Å². The predicted molar refractivity (Wildman–Crippen MR) is 67.4 cm³/mol. The highest BCUT2D eigenvalue weighted by Crippen LogP contribution is 2.10. The Morgan fingerprint density at radius 1 is 1.31 bits per heavy atom. The normalized spacial score (nSPS) is 16.0. The average Bonchev–Trinajstić information content (AvgIpc) is 2.24. The van der Waals surface area contributed by atoms with Crippen molar-refractivity contribution in [3.63, 3.8) is 0 Å². The van der Waals surface area contributed by atoms with E-state index >= 15 is 0 Å². The van der Waals surface area contributed by atoms with Gasteiger partial charge in [-0.2, -0.15) is 0 Å². The van der Waals surface area contributed by atoms with Gasteiger partial charge in [0.2, 0.25) is 0 Å². The van der Waals surface area contributed by atoms with E-state index in [1.165, 1.54) is 7.11 Å². The first-order valence-electron chi connectivity index (χ1n) is 5.89. The molecule has 0 aromatic heterocycles. The molecule has 16 heavy (non-hydrogen) atoms. The molecular weight excluding hydrogens is 226 g/mol. The zero-order valence-electron chi connectivity index (χ0n) is 10.8. The number of hydrogen-bond donors (Lipinski definition) is 1. The number of ether oxygens (including phenoxy) is 1. The van der Waals surface area contributed by atoms with Crippen LogP contribution in [0, 0.1) is 5.92 Å². The fourth-order valence-corrected chi connectivity index (χ4v) is 3.12. The zero-order valence-corrected chi connectivity index (χ0v) is 11.6. The number of nitrogens with one attached hydrogen (secondary N) is 1. The second kappa shape index (κ2) is 8.03. The van der Waals surface area contributed by atoms with Crippen molar-refractivity contribution in [3.8, 4) is 0 Å². The van der Waals surface area contributed by atoms with Crippen molar-refractivity contribution in [2.45, 2.75) is 33.2 Å². The lowest BCUT2D eigenvalue weighted by atomic mass is 10.0. The molecule has 2 atom stereocenters. The molecule has 0 aromatic rings. The van der Waals surface area contributed by atoms with Gasteiger partial charge in [-0.15, -0.1) is 0 Å². The number of sulfone groups is 1. The average molecular weight is 251 g/mol. The van der Waals surface area contributed by atoms with Crippen LogP contribution in [0.1, 0.15) is 27.2 Å². The summed E-state index contributed by atoms with van der Waals surface area (Å²) in [6.45, 7) is 7.24. The molecule has 0 fully saturated rings. The highest BCUT2D eigenvalue weighted by Gasteiger charge is 2.22. The van der Waals surface area contributed by atoms with Gasteiger partial charge in [0.05, 0.1) is 18.1 Å². The lowest BCUT2D eigenvalue weighted by molar-refractivity contribution is 0.217. The molecule has 0 aliphatic heterocycles. The summed E-state index contributed by atoms with van der Waals surface area (Å²) < 4.78 is 28.4. The molecule has 5 heteroatoms. The van der Waals surface area contributed by atoms with Crippen molar-refractivity contribution in [2.24, 2.45) is 5.92 Å². The van der Waals surface area contributed by atoms with E-state index in [1.54, 1.807) is 0 Å². The smallest absolute Gasteiger partial charge is 0.154 e. The topological polar surface area (TPSA) is 55.4 Å². The third kappa shape index (κ3) is 6.45. The number of methoxy groups -OCH3 is 1. The molecular formula is C11H25NO3S. The van der Waals surface area contributed by atoms with Crippen LogP contribution >= 0.6 is 0 Å². The highest BCUT2D eigenvalue weighted by molar-refractivity contribution is 7.91. The van der Waals surface area contributed by atoms with Gasteiger partial charge in [0.1, 0.15) is 0 Å². The predicted octanol–water partition coefficient (Wildman–Crippen LogP) is 1.07. The molecule has 1 N–H and O–H groups in total. The van der Waals surface area contributed by atoms with E-state index in [-0.39, 0.29) is 24.2 Å². The molecule has 0 bridgehead atoms. The first kappa shape index (κ1) is 15.9. The van der Waals surface area contributed by atoms with E-state index in [1.807, 2.05) is 6.92 Å². The van der Waals surface area contributed by atoms with Gasteiger partial charge in [-0.05, 0) is 12.5 Å². The van der Waals surface area contributed by atoms with Crippen LogP contribution in [0.25, 0.3) is 0 Å². The van der Waals surface area contributed by atoms with Crippen LogP contribution < -0.4 is 5.32 Å². The Kier molecular flexibility index (Phi) is 7.97. The highest BCUT2D eigenvalue weighted by atomic mass is 32.2. The van der Waals surface area contributed by atoms with Gasteiger partial charge in [0.25, 0.3) is 0 Å². The Hall–Kier alpha value is -0.130. The first-order chi connectivity index (χ1) is 7.46. The molecule has 0 aliphatic carbocycles. The van der Waals surface area contributed by atoms with Crippen LogP contribution in [0.3, 0.4) is 0 Å². The van der Waals surface area contributed by atoms with Crippen molar-refractivity contribution in [1.82, 2.24) is 5.32 Å². The number of rotatable bonds is 9. The molecule has 98 valence electrons. The Bertz CT molecular complexity index is 264. The van der Waals surface area contributed by atoms with Crippen molar-refractivity contribution >= 4 is 9.84 Å². The van der Waals surface area contributed by atoms with E-state index in [0.717, 1.165) is 13.0 Å². The largest absolute Gasteiger partial charge is 0.384 e. The van der Waals surface area contributed by atoms with Crippen LogP contribution in [0.2, 0.25) is 0 Å². The molecule has 0 spiro atoms. The Morgan fingerprint density at radius 2 is 1.94 bits per heavy atom. The SMILES string of the molecule is CCNC(CS(=O)(=O)CCOC)C(C)CC. The lowest BCUT2D eigenvalue weighted by Crippen LogP contribution is -2.41. The Labute approximate surface area is 99.7 Å². The van der Waals surface area contributed by atoms with Gasteiger partial charge in [0.15, 0.2) is 9.84 Å². The molecule has 0 saturated carbocycles. The van der Waals surface area contributed by atoms with Crippen molar-refractivity contribution < 1.29 is 13.2 Å². The molecule has 0 aliphatic rings. The Morgan fingerprint density at radius 3 is 2.38 bits per heavy atom. The lowest BCUT2D eigenvalue weighted by Gasteiger charge is -2.23. The molecule has 0 saturated heterocycles. The zero-order chi connectivity index (χ0) is 12.6. The molecule has 4 nitrogen and oxygen atoms in total. The fourth-order valence-electron chi connectivity index (χ4n) is 1.54. The third-order valence-electron chi connectivity index (χ3n) is 2.83. The van der Waals surface area contributed by atoms with Crippen LogP contribution in [-0.4, -0.2) is 46.2 Å². The van der Waals surface area contributed by atoms with Crippen molar-refractivity contribution in [1.29, 1.82) is 0 Å². The van der Waals surface area contributed by atoms with Gasteiger partial charge in [-0.25, -0.2) is 8.42 Å². The summed E-state index contributed by atoms with van der Waals surface area (Å²) in [5.41, 5.74) is 0. The van der Waals surface area contributed by atoms with Crippen LogP contribution in [0.15, 0.2) is 0 Å². The minimum Gasteiger partial charge on any atom is -0.384 e. The van der Waals surface area contributed by atoms with Gasteiger partial charge in [0, 0.05) is 13.2 Å². The van der Waals surface area contributed by atoms with Crippen LogP contribution in [-0.2, 0) is 14.6 Å². The summed E-state index contributed by atoms with van der Waals surface area (Å²) in [7, 11) is -1.49. The molecule has 0 radical (unpaired) electrons. The maximum Gasteiger partial charge on any atom is 0.154 e. The summed E-state index contributed by atoms with van der Waals surface area (Å²) in [4.78, 5) is 0.